The molecule has 0 amide bonds. The molecule has 1 aromatic heterocycles. The van der Waals surface area contributed by atoms with Crippen LogP contribution in [0.3, 0.4) is 0 Å². The van der Waals surface area contributed by atoms with E-state index in [0.29, 0.717) is 24.8 Å². The van der Waals surface area contributed by atoms with E-state index in [9.17, 15) is 4.79 Å². The Morgan fingerprint density at radius 2 is 2.24 bits per heavy atom. The van der Waals surface area contributed by atoms with Crippen LogP contribution in [0.2, 0.25) is 0 Å². The smallest absolute Gasteiger partial charge is 0.323 e. The summed E-state index contributed by atoms with van der Waals surface area (Å²) in [5, 5.41) is 8.81. The Labute approximate surface area is 99.0 Å². The van der Waals surface area contributed by atoms with E-state index in [-0.39, 0.29) is 6.54 Å². The van der Waals surface area contributed by atoms with Gasteiger partial charge in [-0.25, -0.2) is 9.97 Å². The summed E-state index contributed by atoms with van der Waals surface area (Å²) in [4.78, 5) is 20.2. The standard InChI is InChI=1S/C10H15N3O4/c1-16-4-3-13(6-10(14)15)8-5-9(17-2)12-7-11-8/h5,7H,3-4,6H2,1-2H3,(H,14,15). The Bertz CT molecular complexity index is 372. The highest BCUT2D eigenvalue weighted by Gasteiger charge is 2.12. The van der Waals surface area contributed by atoms with Crippen LogP contribution in [0.5, 0.6) is 5.88 Å². The number of nitrogens with zero attached hydrogens (tertiary/aromatic N) is 3. The van der Waals surface area contributed by atoms with Crippen LogP contribution in [-0.4, -0.2) is 55.0 Å². The molecule has 0 saturated carbocycles. The first-order valence-corrected chi connectivity index (χ1v) is 4.99. The average Bonchev–Trinajstić information content (AvgIpc) is 2.34. The third-order valence-corrected chi connectivity index (χ3v) is 2.05. The second-order valence-electron chi connectivity index (χ2n) is 3.23. The van der Waals surface area contributed by atoms with Gasteiger partial charge in [0.1, 0.15) is 18.7 Å². The lowest BCUT2D eigenvalue weighted by molar-refractivity contribution is -0.135. The van der Waals surface area contributed by atoms with Gasteiger partial charge in [0.05, 0.1) is 13.7 Å². The number of anilines is 1. The van der Waals surface area contributed by atoms with E-state index < -0.39 is 5.97 Å². The van der Waals surface area contributed by atoms with E-state index in [0.717, 1.165) is 0 Å². The third-order valence-electron chi connectivity index (χ3n) is 2.05. The van der Waals surface area contributed by atoms with Crippen molar-refractivity contribution in [3.05, 3.63) is 12.4 Å². The fraction of sp³-hybridized carbons (Fsp3) is 0.500. The number of ether oxygens (including phenoxy) is 2. The molecule has 0 unspecified atom stereocenters. The predicted octanol–water partition coefficient (Wildman–Crippen LogP) is 0.0226. The maximum atomic E-state index is 10.7. The molecule has 7 nitrogen and oxygen atoms in total. The van der Waals surface area contributed by atoms with Gasteiger partial charge in [-0.1, -0.05) is 0 Å². The summed E-state index contributed by atoms with van der Waals surface area (Å²) in [6, 6.07) is 1.58. The van der Waals surface area contributed by atoms with Crippen molar-refractivity contribution in [2.24, 2.45) is 0 Å². The monoisotopic (exact) mass is 241 g/mol. The number of carboxylic acids is 1. The number of methoxy groups -OCH3 is 2. The summed E-state index contributed by atoms with van der Waals surface area (Å²) in [7, 11) is 3.04. The number of rotatable bonds is 7. The van der Waals surface area contributed by atoms with E-state index in [2.05, 4.69) is 9.97 Å². The fourth-order valence-corrected chi connectivity index (χ4v) is 1.25. The third kappa shape index (κ3) is 4.23. The van der Waals surface area contributed by atoms with Gasteiger partial charge in [-0.15, -0.1) is 0 Å². The quantitative estimate of drug-likeness (QED) is 0.720. The molecule has 0 aliphatic heterocycles. The Morgan fingerprint density at radius 1 is 1.47 bits per heavy atom. The van der Waals surface area contributed by atoms with Gasteiger partial charge in [0.15, 0.2) is 0 Å². The van der Waals surface area contributed by atoms with Crippen molar-refractivity contribution < 1.29 is 19.4 Å². The number of aliphatic carboxylic acids is 1. The van der Waals surface area contributed by atoms with Crippen LogP contribution < -0.4 is 9.64 Å². The molecule has 0 saturated heterocycles. The number of aromatic nitrogens is 2. The molecule has 0 spiro atoms. The average molecular weight is 241 g/mol. The summed E-state index contributed by atoms with van der Waals surface area (Å²) in [6.45, 7) is 0.700. The van der Waals surface area contributed by atoms with Crippen molar-refractivity contribution in [1.29, 1.82) is 0 Å². The molecule has 0 radical (unpaired) electrons. The SMILES string of the molecule is COCCN(CC(=O)O)c1cc(OC)ncn1. The number of hydrogen-bond acceptors (Lipinski definition) is 6. The van der Waals surface area contributed by atoms with Gasteiger partial charge in [-0.05, 0) is 0 Å². The van der Waals surface area contributed by atoms with Crippen molar-refractivity contribution in [2.45, 2.75) is 0 Å². The maximum absolute atomic E-state index is 10.7. The van der Waals surface area contributed by atoms with Crippen molar-refractivity contribution in [2.75, 3.05) is 38.8 Å². The van der Waals surface area contributed by atoms with Crippen molar-refractivity contribution in [3.8, 4) is 5.88 Å². The molecule has 7 heteroatoms. The fourth-order valence-electron chi connectivity index (χ4n) is 1.25. The highest BCUT2D eigenvalue weighted by Crippen LogP contribution is 2.14. The first-order valence-electron chi connectivity index (χ1n) is 4.99. The summed E-state index contributed by atoms with van der Waals surface area (Å²) in [6.07, 6.45) is 1.33. The molecule has 17 heavy (non-hydrogen) atoms. The minimum Gasteiger partial charge on any atom is -0.481 e. The molecule has 0 bridgehead atoms. The van der Waals surface area contributed by atoms with Crippen LogP contribution in [-0.2, 0) is 9.53 Å². The molecule has 1 rings (SSSR count). The van der Waals surface area contributed by atoms with E-state index in [1.807, 2.05) is 0 Å². The largest absolute Gasteiger partial charge is 0.481 e. The minimum absolute atomic E-state index is 0.149. The van der Waals surface area contributed by atoms with Gasteiger partial charge in [0, 0.05) is 19.7 Å². The van der Waals surface area contributed by atoms with Gasteiger partial charge >= 0.3 is 5.97 Å². The van der Waals surface area contributed by atoms with Crippen molar-refractivity contribution in [3.63, 3.8) is 0 Å². The van der Waals surface area contributed by atoms with E-state index >= 15 is 0 Å². The predicted molar refractivity (Wildman–Crippen MR) is 60.3 cm³/mol. The van der Waals surface area contributed by atoms with E-state index in [1.165, 1.54) is 13.4 Å². The molecule has 1 aromatic rings. The Balaban J connectivity index is 2.82. The zero-order valence-corrected chi connectivity index (χ0v) is 9.79. The van der Waals surface area contributed by atoms with Crippen molar-refractivity contribution >= 4 is 11.8 Å². The molecule has 0 fully saturated rings. The van der Waals surface area contributed by atoms with Gasteiger partial charge in [0.2, 0.25) is 5.88 Å². The molecule has 0 aromatic carbocycles. The lowest BCUT2D eigenvalue weighted by Crippen LogP contribution is -2.33. The normalized spacial score (nSPS) is 10.0. The zero-order chi connectivity index (χ0) is 12.7. The lowest BCUT2D eigenvalue weighted by atomic mass is 10.4. The Morgan fingerprint density at radius 3 is 2.82 bits per heavy atom. The summed E-state index contributed by atoms with van der Waals surface area (Å²) in [5.74, 6) is -0.0437. The summed E-state index contributed by atoms with van der Waals surface area (Å²) < 4.78 is 9.88. The number of carboxylic acid groups (broad SMARTS) is 1. The second-order valence-corrected chi connectivity index (χ2v) is 3.23. The molecule has 0 aliphatic carbocycles. The molecule has 1 N–H and O–H groups in total. The van der Waals surface area contributed by atoms with Gasteiger partial charge in [-0.2, -0.15) is 0 Å². The number of carbonyl (C=O) groups is 1. The number of hydrogen-bond donors (Lipinski definition) is 1. The molecular formula is C10H15N3O4. The topological polar surface area (TPSA) is 84.8 Å². The van der Waals surface area contributed by atoms with Crippen LogP contribution >= 0.6 is 0 Å². The van der Waals surface area contributed by atoms with E-state index in [1.54, 1.807) is 18.1 Å². The highest BCUT2D eigenvalue weighted by atomic mass is 16.5. The minimum atomic E-state index is -0.932. The van der Waals surface area contributed by atoms with Crippen LogP contribution in [0.1, 0.15) is 0 Å². The van der Waals surface area contributed by atoms with E-state index in [4.69, 9.17) is 14.6 Å². The highest BCUT2D eigenvalue weighted by molar-refractivity contribution is 5.73. The first kappa shape index (κ1) is 13.2. The molecule has 0 atom stereocenters. The Hall–Kier alpha value is -1.89. The first-order chi connectivity index (χ1) is 8.17. The van der Waals surface area contributed by atoms with Gasteiger partial charge in [-0.3, -0.25) is 4.79 Å². The van der Waals surface area contributed by atoms with Crippen LogP contribution in [0.4, 0.5) is 5.82 Å². The second kappa shape index (κ2) is 6.64. The van der Waals surface area contributed by atoms with Crippen molar-refractivity contribution in [1.82, 2.24) is 9.97 Å². The van der Waals surface area contributed by atoms with Crippen LogP contribution in [0, 0.1) is 0 Å². The van der Waals surface area contributed by atoms with Gasteiger partial charge < -0.3 is 19.5 Å². The lowest BCUT2D eigenvalue weighted by Gasteiger charge is -2.21. The van der Waals surface area contributed by atoms with Gasteiger partial charge in [0.25, 0.3) is 0 Å². The zero-order valence-electron chi connectivity index (χ0n) is 9.79. The molecule has 94 valence electrons. The summed E-state index contributed by atoms with van der Waals surface area (Å²) in [5.41, 5.74) is 0. The Kier molecular flexibility index (Phi) is 5.15. The molecular weight excluding hydrogens is 226 g/mol. The summed E-state index contributed by atoms with van der Waals surface area (Å²) >= 11 is 0. The van der Waals surface area contributed by atoms with Crippen LogP contribution in [0.25, 0.3) is 0 Å². The van der Waals surface area contributed by atoms with Crippen LogP contribution in [0.15, 0.2) is 12.4 Å². The molecule has 1 heterocycles. The maximum Gasteiger partial charge on any atom is 0.323 e. The molecule has 0 aliphatic rings.